The first-order chi connectivity index (χ1) is 9.75. The van der Waals surface area contributed by atoms with Gasteiger partial charge in [0, 0.05) is 17.2 Å². The molecule has 4 rings (SSSR count). The number of hydrogen-bond acceptors (Lipinski definition) is 3. The number of carbonyl (C=O) groups is 2. The van der Waals surface area contributed by atoms with Crippen LogP contribution in [-0.4, -0.2) is 16.4 Å². The summed E-state index contributed by atoms with van der Waals surface area (Å²) < 4.78 is 2.08. The quantitative estimate of drug-likeness (QED) is 0.699. The SMILES string of the molecule is O=C1CCC(n2c3ccccc3c3ccsc32)C(=O)N1. The Hall–Kier alpha value is -2.14. The van der Waals surface area contributed by atoms with E-state index in [1.54, 1.807) is 11.3 Å². The topological polar surface area (TPSA) is 51.1 Å². The maximum absolute atomic E-state index is 12.2. The number of thiophene rings is 1. The monoisotopic (exact) mass is 284 g/mol. The fraction of sp³-hybridized carbons (Fsp3) is 0.200. The number of nitrogens with one attached hydrogen (secondary N) is 1. The number of para-hydroxylation sites is 1. The lowest BCUT2D eigenvalue weighted by Gasteiger charge is -2.23. The van der Waals surface area contributed by atoms with Crippen molar-refractivity contribution < 1.29 is 9.59 Å². The molecule has 1 aliphatic rings. The fourth-order valence-corrected chi connectivity index (χ4v) is 3.93. The maximum atomic E-state index is 12.2. The average Bonchev–Trinajstić information content (AvgIpc) is 3.00. The van der Waals surface area contributed by atoms with Crippen molar-refractivity contribution in [3.05, 3.63) is 35.7 Å². The van der Waals surface area contributed by atoms with Gasteiger partial charge < -0.3 is 4.57 Å². The predicted molar refractivity (Wildman–Crippen MR) is 78.7 cm³/mol. The third kappa shape index (κ3) is 1.53. The number of hydrogen-bond donors (Lipinski definition) is 1. The molecule has 1 fully saturated rings. The van der Waals surface area contributed by atoms with Gasteiger partial charge in [-0.25, -0.2) is 0 Å². The van der Waals surface area contributed by atoms with E-state index in [1.807, 2.05) is 23.6 Å². The van der Waals surface area contributed by atoms with Crippen LogP contribution in [0.25, 0.3) is 21.1 Å². The molecule has 3 aromatic rings. The highest BCUT2D eigenvalue weighted by Gasteiger charge is 2.30. The van der Waals surface area contributed by atoms with Gasteiger partial charge in [0.2, 0.25) is 11.8 Å². The molecule has 2 aromatic heterocycles. The number of fused-ring (bicyclic) bond motifs is 3. The van der Waals surface area contributed by atoms with E-state index in [-0.39, 0.29) is 17.9 Å². The van der Waals surface area contributed by atoms with Crippen LogP contribution in [0.15, 0.2) is 35.7 Å². The molecule has 0 spiro atoms. The number of piperidine rings is 1. The summed E-state index contributed by atoms with van der Waals surface area (Å²) in [5.74, 6) is -0.373. The number of aromatic nitrogens is 1. The maximum Gasteiger partial charge on any atom is 0.249 e. The number of rotatable bonds is 1. The van der Waals surface area contributed by atoms with Crippen LogP contribution in [0, 0.1) is 0 Å². The molecule has 3 heterocycles. The van der Waals surface area contributed by atoms with Crippen molar-refractivity contribution in [3.63, 3.8) is 0 Å². The first-order valence-corrected chi connectivity index (χ1v) is 7.43. The molecule has 5 heteroatoms. The predicted octanol–water partition coefficient (Wildman–Crippen LogP) is 2.83. The molecule has 0 radical (unpaired) electrons. The Morgan fingerprint density at radius 3 is 2.85 bits per heavy atom. The molecule has 1 aliphatic heterocycles. The van der Waals surface area contributed by atoms with Gasteiger partial charge in [0.25, 0.3) is 0 Å². The van der Waals surface area contributed by atoms with Crippen LogP contribution in [0.2, 0.25) is 0 Å². The smallest absolute Gasteiger partial charge is 0.249 e. The molecule has 1 N–H and O–H groups in total. The second-order valence-electron chi connectivity index (χ2n) is 4.99. The minimum Gasteiger partial charge on any atom is -0.320 e. The summed E-state index contributed by atoms with van der Waals surface area (Å²) in [6, 6.07) is 9.89. The third-order valence-corrected chi connectivity index (χ3v) is 4.75. The van der Waals surface area contributed by atoms with Crippen molar-refractivity contribution >= 4 is 44.3 Å². The zero-order valence-corrected chi connectivity index (χ0v) is 11.4. The summed E-state index contributed by atoms with van der Waals surface area (Å²) in [4.78, 5) is 24.6. The Balaban J connectivity index is 1.99. The molecule has 100 valence electrons. The molecular weight excluding hydrogens is 272 g/mol. The van der Waals surface area contributed by atoms with Gasteiger partial charge in [0.15, 0.2) is 0 Å². The van der Waals surface area contributed by atoms with Crippen LogP contribution < -0.4 is 5.32 Å². The molecule has 4 nitrogen and oxygen atoms in total. The lowest BCUT2D eigenvalue weighted by Crippen LogP contribution is -2.41. The fourth-order valence-electron chi connectivity index (χ4n) is 2.95. The molecule has 1 aromatic carbocycles. The zero-order valence-electron chi connectivity index (χ0n) is 10.6. The van der Waals surface area contributed by atoms with Gasteiger partial charge in [-0.2, -0.15) is 0 Å². The summed E-state index contributed by atoms with van der Waals surface area (Å²) in [6.07, 6.45) is 0.964. The number of carbonyl (C=O) groups excluding carboxylic acids is 2. The Morgan fingerprint density at radius 1 is 1.15 bits per heavy atom. The molecule has 1 saturated heterocycles. The summed E-state index contributed by atoms with van der Waals surface area (Å²) >= 11 is 1.63. The summed E-state index contributed by atoms with van der Waals surface area (Å²) in [5, 5.41) is 6.82. The molecule has 1 unspecified atom stereocenters. The second kappa shape index (κ2) is 4.18. The normalized spacial score (nSPS) is 19.7. The number of nitrogens with zero attached hydrogens (tertiary/aromatic N) is 1. The van der Waals surface area contributed by atoms with Crippen LogP contribution in [0.3, 0.4) is 0 Å². The minimum absolute atomic E-state index is 0.176. The summed E-state index contributed by atoms with van der Waals surface area (Å²) in [5.41, 5.74) is 1.06. The lowest BCUT2D eigenvalue weighted by molar-refractivity contribution is -0.135. The van der Waals surface area contributed by atoms with Crippen LogP contribution in [0.1, 0.15) is 18.9 Å². The van der Waals surface area contributed by atoms with Crippen molar-refractivity contribution in [1.82, 2.24) is 9.88 Å². The van der Waals surface area contributed by atoms with Crippen molar-refractivity contribution in [2.24, 2.45) is 0 Å². The number of benzene rings is 1. The van der Waals surface area contributed by atoms with Gasteiger partial charge >= 0.3 is 0 Å². The number of imide groups is 1. The molecular formula is C15H12N2O2S. The standard InChI is InChI=1S/C15H12N2O2S/c18-13-6-5-12(14(19)16-13)17-11-4-2-1-3-9(11)10-7-8-20-15(10)17/h1-4,7-8,12H,5-6H2,(H,16,18,19). The average molecular weight is 284 g/mol. The molecule has 2 amide bonds. The van der Waals surface area contributed by atoms with Gasteiger partial charge in [-0.3, -0.25) is 14.9 Å². The molecule has 0 aliphatic carbocycles. The lowest BCUT2D eigenvalue weighted by atomic mass is 10.1. The van der Waals surface area contributed by atoms with Crippen molar-refractivity contribution in [1.29, 1.82) is 0 Å². The van der Waals surface area contributed by atoms with Crippen molar-refractivity contribution in [2.45, 2.75) is 18.9 Å². The highest BCUT2D eigenvalue weighted by molar-refractivity contribution is 7.17. The summed E-state index contributed by atoms with van der Waals surface area (Å²) in [7, 11) is 0. The van der Waals surface area contributed by atoms with E-state index in [2.05, 4.69) is 22.0 Å². The van der Waals surface area contributed by atoms with Crippen LogP contribution in [0.4, 0.5) is 0 Å². The van der Waals surface area contributed by atoms with E-state index < -0.39 is 0 Å². The van der Waals surface area contributed by atoms with Crippen LogP contribution in [0.5, 0.6) is 0 Å². The van der Waals surface area contributed by atoms with Gasteiger partial charge in [0.05, 0.1) is 5.52 Å². The first kappa shape index (κ1) is 11.7. The van der Waals surface area contributed by atoms with Crippen LogP contribution >= 0.6 is 11.3 Å². The van der Waals surface area contributed by atoms with Crippen LogP contribution in [-0.2, 0) is 9.59 Å². The van der Waals surface area contributed by atoms with E-state index in [4.69, 9.17) is 0 Å². The molecule has 0 saturated carbocycles. The Morgan fingerprint density at radius 2 is 2.00 bits per heavy atom. The molecule has 20 heavy (non-hydrogen) atoms. The van der Waals surface area contributed by atoms with E-state index in [0.717, 1.165) is 15.7 Å². The number of amides is 2. The Labute approximate surface area is 119 Å². The second-order valence-corrected chi connectivity index (χ2v) is 5.89. The van der Waals surface area contributed by atoms with Gasteiger partial charge in [-0.05, 0) is 23.9 Å². The minimum atomic E-state index is -0.297. The van der Waals surface area contributed by atoms with Gasteiger partial charge in [-0.1, -0.05) is 18.2 Å². The first-order valence-electron chi connectivity index (χ1n) is 6.55. The van der Waals surface area contributed by atoms with Crippen molar-refractivity contribution in [3.8, 4) is 0 Å². The molecule has 1 atom stereocenters. The Kier molecular flexibility index (Phi) is 2.44. The summed E-state index contributed by atoms with van der Waals surface area (Å²) in [6.45, 7) is 0. The zero-order chi connectivity index (χ0) is 13.7. The van der Waals surface area contributed by atoms with E-state index in [9.17, 15) is 9.59 Å². The highest BCUT2D eigenvalue weighted by atomic mass is 32.1. The largest absolute Gasteiger partial charge is 0.320 e. The highest BCUT2D eigenvalue weighted by Crippen LogP contribution is 2.36. The Bertz CT molecular complexity index is 846. The van der Waals surface area contributed by atoms with E-state index in [1.165, 1.54) is 5.39 Å². The van der Waals surface area contributed by atoms with E-state index >= 15 is 0 Å². The van der Waals surface area contributed by atoms with Crippen molar-refractivity contribution in [2.75, 3.05) is 0 Å². The molecule has 0 bridgehead atoms. The van der Waals surface area contributed by atoms with Gasteiger partial charge in [-0.15, -0.1) is 11.3 Å². The third-order valence-electron chi connectivity index (χ3n) is 3.84. The van der Waals surface area contributed by atoms with E-state index in [0.29, 0.717) is 12.8 Å². The van der Waals surface area contributed by atoms with Gasteiger partial charge in [0.1, 0.15) is 10.9 Å².